The van der Waals surface area contributed by atoms with Gasteiger partial charge in [-0.2, -0.15) is 0 Å². The third-order valence-electron chi connectivity index (χ3n) is 4.23. The average molecular weight is 351 g/mol. The molecule has 0 radical (unpaired) electrons. The molecule has 2 unspecified atom stereocenters. The van der Waals surface area contributed by atoms with Crippen LogP contribution in [0.5, 0.6) is 0 Å². The summed E-state index contributed by atoms with van der Waals surface area (Å²) in [6, 6.07) is 0. The average Bonchev–Trinajstić information content (AvgIpc) is 2.83. The fourth-order valence-corrected chi connectivity index (χ4v) is 2.91. The molecule has 2 heterocycles. The molecule has 0 aromatic carbocycles. The van der Waals surface area contributed by atoms with E-state index in [-0.39, 0.29) is 12.2 Å². The van der Waals surface area contributed by atoms with Gasteiger partial charge in [-0.3, -0.25) is 9.69 Å². The third-order valence-corrected chi connectivity index (χ3v) is 4.23. The van der Waals surface area contributed by atoms with E-state index in [0.717, 1.165) is 24.5 Å². The van der Waals surface area contributed by atoms with Gasteiger partial charge < -0.3 is 15.4 Å². The lowest BCUT2D eigenvalue weighted by atomic mass is 10.1. The molecular formula is C17H26N3O3P. The summed E-state index contributed by atoms with van der Waals surface area (Å²) in [6.45, 7) is 4.29. The van der Waals surface area contributed by atoms with Crippen LogP contribution in [0, 0.1) is 0 Å². The lowest BCUT2D eigenvalue weighted by Gasteiger charge is -2.28. The number of nitrogens with two attached hydrogens (primary N) is 1. The number of ether oxygens (including phenoxy) is 1. The molecule has 2 aliphatic heterocycles. The summed E-state index contributed by atoms with van der Waals surface area (Å²) in [5, 5.41) is 0. The van der Waals surface area contributed by atoms with Crippen molar-refractivity contribution in [3.63, 3.8) is 0 Å². The van der Waals surface area contributed by atoms with Crippen LogP contribution >= 0.6 is 9.24 Å². The van der Waals surface area contributed by atoms with E-state index < -0.39 is 0 Å². The highest BCUT2D eigenvalue weighted by Gasteiger charge is 2.32. The number of Topliss-reactive ketones (excluding diaryl/α,β-unsaturated/α-hetero) is 1. The molecule has 0 bridgehead atoms. The van der Waals surface area contributed by atoms with Crippen molar-refractivity contribution < 1.29 is 14.3 Å². The highest BCUT2D eigenvalue weighted by atomic mass is 31.0. The maximum atomic E-state index is 11.9. The van der Waals surface area contributed by atoms with E-state index in [2.05, 4.69) is 20.2 Å². The number of cyclic esters (lactones) is 1. The highest BCUT2D eigenvalue weighted by molar-refractivity contribution is 7.15. The van der Waals surface area contributed by atoms with Gasteiger partial charge in [0.15, 0.2) is 0 Å². The van der Waals surface area contributed by atoms with Gasteiger partial charge in [0.1, 0.15) is 11.9 Å². The monoisotopic (exact) mass is 351 g/mol. The number of allylic oxidation sites excluding steroid dienone is 4. The van der Waals surface area contributed by atoms with Crippen LogP contribution in [0.1, 0.15) is 19.3 Å². The van der Waals surface area contributed by atoms with E-state index in [1.54, 1.807) is 4.90 Å². The minimum absolute atomic E-state index is 0.225. The maximum Gasteiger partial charge on any atom is 0.414 e. The van der Waals surface area contributed by atoms with Crippen molar-refractivity contribution in [1.82, 2.24) is 9.80 Å². The van der Waals surface area contributed by atoms with Crippen molar-refractivity contribution in [2.45, 2.75) is 25.4 Å². The Kier molecular flexibility index (Phi) is 7.00. The molecule has 2 atom stereocenters. The smallest absolute Gasteiger partial charge is 0.414 e. The van der Waals surface area contributed by atoms with E-state index >= 15 is 0 Å². The van der Waals surface area contributed by atoms with Crippen molar-refractivity contribution in [3.05, 3.63) is 35.7 Å². The number of rotatable bonds is 3. The van der Waals surface area contributed by atoms with Gasteiger partial charge in [-0.05, 0) is 18.2 Å². The molecule has 2 N–H and O–H groups in total. The van der Waals surface area contributed by atoms with Gasteiger partial charge in [-0.15, -0.1) is 9.24 Å². The van der Waals surface area contributed by atoms with Crippen LogP contribution in [0.3, 0.4) is 0 Å². The molecular weight excluding hydrogens is 325 g/mol. The topological polar surface area (TPSA) is 75.9 Å². The molecule has 1 amide bonds. The summed E-state index contributed by atoms with van der Waals surface area (Å²) in [4.78, 5) is 27.1. The largest absolute Gasteiger partial charge is 0.443 e. The lowest BCUT2D eigenvalue weighted by molar-refractivity contribution is -0.121. The fraction of sp³-hybridized carbons (Fsp3) is 0.529. The van der Waals surface area contributed by atoms with E-state index in [0.29, 0.717) is 38.1 Å². The van der Waals surface area contributed by atoms with Crippen molar-refractivity contribution in [3.8, 4) is 0 Å². The molecule has 0 saturated carbocycles. The minimum Gasteiger partial charge on any atom is -0.443 e. The number of amides is 1. The quantitative estimate of drug-likeness (QED) is 0.783. The Labute approximate surface area is 145 Å². The highest BCUT2D eigenvalue weighted by Crippen LogP contribution is 2.23. The first kappa shape index (κ1) is 18.7. The second-order valence-corrected chi connectivity index (χ2v) is 5.73. The van der Waals surface area contributed by atoms with Gasteiger partial charge in [-0.1, -0.05) is 12.7 Å². The normalized spacial score (nSPS) is 23.9. The molecule has 2 fully saturated rings. The Hall–Kier alpha value is -1.65. The number of hydrogen-bond donors (Lipinski definition) is 1. The predicted molar refractivity (Wildman–Crippen MR) is 97.4 cm³/mol. The molecule has 0 spiro atoms. The standard InChI is InChI=1S/C16H21N3O3.CH5P/c17-10-15-11-19(16(21)22-15)13-3-1-2-12(4-5-13)18-8-6-14(20)7-9-18;1-2/h1-2,4-5,15H,3,6-11,17H2;2H2,1H3. The number of piperidine rings is 1. The summed E-state index contributed by atoms with van der Waals surface area (Å²) in [5.41, 5.74) is 7.57. The Morgan fingerprint density at radius 2 is 1.96 bits per heavy atom. The number of likely N-dealkylation sites (tertiary alicyclic amines) is 1. The Bertz CT molecular complexity index is 561. The zero-order valence-electron chi connectivity index (χ0n) is 14.1. The van der Waals surface area contributed by atoms with Gasteiger partial charge in [-0.25, -0.2) is 4.79 Å². The first-order valence-electron chi connectivity index (χ1n) is 8.27. The van der Waals surface area contributed by atoms with Gasteiger partial charge in [0.2, 0.25) is 0 Å². The molecule has 0 aromatic heterocycles. The summed E-state index contributed by atoms with van der Waals surface area (Å²) in [6.07, 6.45) is 9.43. The SMILES string of the molecule is CP.NCC1CN(C2=CC=C(N3CCC(=O)CC3)C=CC2)C(=O)O1. The summed E-state index contributed by atoms with van der Waals surface area (Å²) < 4.78 is 5.20. The van der Waals surface area contributed by atoms with Crippen molar-refractivity contribution >= 4 is 21.1 Å². The number of carbonyl (C=O) groups is 2. The molecule has 1 aliphatic carbocycles. The summed E-state index contributed by atoms with van der Waals surface area (Å²) in [7, 11) is 2.42. The molecule has 0 aromatic rings. The molecule has 24 heavy (non-hydrogen) atoms. The van der Waals surface area contributed by atoms with Crippen LogP contribution < -0.4 is 5.73 Å². The fourth-order valence-electron chi connectivity index (χ4n) is 2.91. The molecule has 3 aliphatic rings. The zero-order valence-corrected chi connectivity index (χ0v) is 15.3. The molecule has 3 rings (SSSR count). The summed E-state index contributed by atoms with van der Waals surface area (Å²) >= 11 is 0. The van der Waals surface area contributed by atoms with Crippen LogP contribution in [-0.4, -0.2) is 60.6 Å². The van der Waals surface area contributed by atoms with E-state index in [1.165, 1.54) is 0 Å². The van der Waals surface area contributed by atoms with Crippen molar-refractivity contribution in [1.29, 1.82) is 0 Å². The van der Waals surface area contributed by atoms with Crippen LogP contribution in [0.25, 0.3) is 0 Å². The second-order valence-electron chi connectivity index (χ2n) is 5.73. The number of hydrogen-bond acceptors (Lipinski definition) is 5. The first-order chi connectivity index (χ1) is 11.7. The van der Waals surface area contributed by atoms with Crippen LogP contribution in [0.2, 0.25) is 0 Å². The van der Waals surface area contributed by atoms with E-state index in [4.69, 9.17) is 10.5 Å². The van der Waals surface area contributed by atoms with Gasteiger partial charge in [0.25, 0.3) is 0 Å². The Morgan fingerprint density at radius 1 is 1.25 bits per heavy atom. The number of carbonyl (C=O) groups excluding carboxylic acids is 2. The number of nitrogens with zero attached hydrogens (tertiary/aromatic N) is 2. The van der Waals surface area contributed by atoms with E-state index in [9.17, 15) is 9.59 Å². The molecule has 6 nitrogen and oxygen atoms in total. The Morgan fingerprint density at radius 3 is 2.58 bits per heavy atom. The van der Waals surface area contributed by atoms with Gasteiger partial charge in [0, 0.05) is 50.3 Å². The molecule has 132 valence electrons. The van der Waals surface area contributed by atoms with E-state index in [1.807, 2.05) is 24.9 Å². The minimum atomic E-state index is -0.324. The maximum absolute atomic E-state index is 11.9. The zero-order chi connectivity index (χ0) is 17.5. The predicted octanol–water partition coefficient (Wildman–Crippen LogP) is 1.65. The molecule has 7 heteroatoms. The lowest BCUT2D eigenvalue weighted by Crippen LogP contribution is -2.32. The van der Waals surface area contributed by atoms with Crippen LogP contribution in [-0.2, 0) is 9.53 Å². The van der Waals surface area contributed by atoms with Crippen LogP contribution in [0.4, 0.5) is 4.79 Å². The third kappa shape index (κ3) is 4.46. The number of ketones is 1. The second kappa shape index (κ2) is 9.00. The van der Waals surface area contributed by atoms with Crippen LogP contribution in [0.15, 0.2) is 35.7 Å². The Balaban J connectivity index is 0.00000100. The van der Waals surface area contributed by atoms with Crippen molar-refractivity contribution in [2.75, 3.05) is 32.8 Å². The first-order valence-corrected chi connectivity index (χ1v) is 9.43. The van der Waals surface area contributed by atoms with Gasteiger partial charge in [0.05, 0.1) is 6.54 Å². The molecule has 2 saturated heterocycles. The van der Waals surface area contributed by atoms with Crippen molar-refractivity contribution in [2.24, 2.45) is 5.73 Å². The van der Waals surface area contributed by atoms with Gasteiger partial charge >= 0.3 is 6.09 Å². The summed E-state index contributed by atoms with van der Waals surface area (Å²) in [5.74, 6) is 0.332.